The molecule has 0 aliphatic carbocycles. The fourth-order valence-corrected chi connectivity index (χ4v) is 8.60. The van der Waals surface area contributed by atoms with Crippen LogP contribution < -0.4 is 27.8 Å². The van der Waals surface area contributed by atoms with Gasteiger partial charge in [0.15, 0.2) is 0 Å². The number of nitrogens with one attached hydrogen (secondary N) is 2. The fourth-order valence-electron chi connectivity index (χ4n) is 7.79. The van der Waals surface area contributed by atoms with Crippen molar-refractivity contribution in [3.05, 3.63) is 101 Å². The summed E-state index contributed by atoms with van der Waals surface area (Å²) in [6, 6.07) is 12.8. The first-order chi connectivity index (χ1) is 28.1. The highest BCUT2D eigenvalue weighted by Gasteiger charge is 2.44. The Labute approximate surface area is 349 Å². The van der Waals surface area contributed by atoms with Crippen molar-refractivity contribution in [2.75, 3.05) is 26.2 Å². The summed E-state index contributed by atoms with van der Waals surface area (Å²) in [6.07, 6.45) is 6.20. The Morgan fingerprint density at radius 2 is 1.81 bits per heavy atom. The lowest BCUT2D eigenvalue weighted by Crippen LogP contribution is -2.59. The van der Waals surface area contributed by atoms with Gasteiger partial charge in [0.05, 0.1) is 34.9 Å². The third-order valence-corrected chi connectivity index (χ3v) is 11.9. The Balaban J connectivity index is 1.04. The van der Waals surface area contributed by atoms with E-state index in [0.29, 0.717) is 35.5 Å². The minimum Gasteiger partial charge on any atom is -0.507 e. The Kier molecular flexibility index (Phi) is 13.4. The average molecular weight is 825 g/mol. The first kappa shape index (κ1) is 42.9. The molecule has 4 atom stereocenters. The van der Waals surface area contributed by atoms with Crippen LogP contribution in [0, 0.1) is 18.3 Å². The molecule has 10 N–H and O–H groups in total. The number of thiazole rings is 1. The normalized spacial score (nSPS) is 19.3. The van der Waals surface area contributed by atoms with Crippen LogP contribution in [0.5, 0.6) is 5.75 Å². The van der Waals surface area contributed by atoms with Crippen LogP contribution in [-0.4, -0.2) is 96.9 Å². The van der Waals surface area contributed by atoms with E-state index in [-0.39, 0.29) is 55.4 Å². The summed E-state index contributed by atoms with van der Waals surface area (Å²) in [5.74, 6) is -0.752. The van der Waals surface area contributed by atoms with Crippen molar-refractivity contribution in [3.8, 4) is 16.2 Å². The lowest BCUT2D eigenvalue weighted by Gasteiger charge is -2.36. The maximum absolute atomic E-state index is 14.2. The van der Waals surface area contributed by atoms with Crippen molar-refractivity contribution < 1.29 is 24.6 Å². The number of amides is 3. The summed E-state index contributed by atoms with van der Waals surface area (Å²) in [6.45, 7) is 9.92. The summed E-state index contributed by atoms with van der Waals surface area (Å²) in [4.78, 5) is 50.2. The molecule has 4 aromatic rings. The van der Waals surface area contributed by atoms with Crippen molar-refractivity contribution in [1.29, 1.82) is 0 Å². The number of rotatable bonds is 13. The number of aliphatic hydroxyl groups is 1. The third kappa shape index (κ3) is 10.7. The topological polar surface area (TPSA) is 231 Å². The molecule has 2 aromatic heterocycles. The zero-order valence-corrected chi connectivity index (χ0v) is 34.9. The summed E-state index contributed by atoms with van der Waals surface area (Å²) in [5, 5.41) is 31.4. The molecule has 0 bridgehead atoms. The molecule has 2 saturated heterocycles. The van der Waals surface area contributed by atoms with Gasteiger partial charge in [0.25, 0.3) is 0 Å². The first-order valence-corrected chi connectivity index (χ1v) is 20.8. The Bertz CT molecular complexity index is 2190. The van der Waals surface area contributed by atoms with Crippen LogP contribution in [0.25, 0.3) is 21.7 Å². The number of carbonyl (C=O) groups is 3. The van der Waals surface area contributed by atoms with Crippen LogP contribution in [-0.2, 0) is 27.5 Å². The molecule has 0 radical (unpaired) electrons. The van der Waals surface area contributed by atoms with Gasteiger partial charge in [-0.1, -0.05) is 57.2 Å². The number of phenolic OH excluding ortho intramolecular Hbond substituents is 1. The molecule has 3 amide bonds. The van der Waals surface area contributed by atoms with E-state index in [1.54, 1.807) is 47.9 Å². The number of phenols is 1. The van der Waals surface area contributed by atoms with Crippen LogP contribution in [0.3, 0.4) is 0 Å². The molecule has 6 rings (SSSR count). The Morgan fingerprint density at radius 3 is 2.49 bits per heavy atom. The second kappa shape index (κ2) is 18.5. The molecule has 16 heteroatoms. The molecule has 314 valence electrons. The standard InChI is InChI=1S/C43H56N10O5S/c1-26-38(59-25-48-26)29-13-11-27(12-14-29)18-47-41(57)35-16-31(54)23-53(35)42(58)39(43(2,3)4)50-37(56)24-51-15-7-8-28(20-51)21-52-22-30(19-49-52)33(40(45)46)17-34(44)32-9-5-6-10-36(32)55/h5-6,9-14,17,19,22,25,28,31,35,39,54-55H,7-8,15-16,18,20-21,23-24,44-46H2,1-4H3,(H,47,57)(H,50,56)/b34-17-/t28-,31+,35-,39+/m0/s1. The monoisotopic (exact) mass is 824 g/mol. The second-order valence-corrected chi connectivity index (χ2v) is 17.5. The minimum absolute atomic E-state index is 0.000657. The number of carbonyl (C=O) groups excluding carboxylic acids is 3. The summed E-state index contributed by atoms with van der Waals surface area (Å²) in [7, 11) is 0. The van der Waals surface area contributed by atoms with E-state index in [0.717, 1.165) is 41.1 Å². The zero-order valence-electron chi connectivity index (χ0n) is 34.1. The number of β-amino-alcohol motifs (C(OH)–C–C–N with tert-alkyl or cyclic N) is 1. The zero-order chi connectivity index (χ0) is 42.4. The molecule has 2 aromatic carbocycles. The van der Waals surface area contributed by atoms with Crippen LogP contribution in [0.2, 0.25) is 0 Å². The molecular formula is C43H56N10O5S. The Morgan fingerprint density at radius 1 is 1.07 bits per heavy atom. The predicted molar refractivity (Wildman–Crippen MR) is 229 cm³/mol. The highest BCUT2D eigenvalue weighted by atomic mass is 32.1. The van der Waals surface area contributed by atoms with Gasteiger partial charge < -0.3 is 42.9 Å². The van der Waals surface area contributed by atoms with Crippen molar-refractivity contribution in [1.82, 2.24) is 35.2 Å². The van der Waals surface area contributed by atoms with Gasteiger partial charge in [-0.05, 0) is 67.0 Å². The summed E-state index contributed by atoms with van der Waals surface area (Å²) < 4.78 is 1.82. The summed E-state index contributed by atoms with van der Waals surface area (Å²) >= 11 is 1.58. The SMILES string of the molecule is Cc1ncsc1-c1ccc(CNC(=O)[C@@H]2C[C@@H](O)CN2C(=O)[C@@H](NC(=O)CN2CCC[C@H](Cn3cc(C(/C=C(\N)c4ccccc4O)=C(N)N)cn3)C2)C(C)(C)C)cc1. The maximum Gasteiger partial charge on any atom is 0.246 e. The molecule has 15 nitrogen and oxygen atoms in total. The Hall–Kier alpha value is -5.71. The van der Waals surface area contributed by atoms with E-state index in [9.17, 15) is 24.6 Å². The van der Waals surface area contributed by atoms with E-state index >= 15 is 0 Å². The van der Waals surface area contributed by atoms with Gasteiger partial charge in [-0.3, -0.25) is 24.0 Å². The van der Waals surface area contributed by atoms with Gasteiger partial charge in [0.2, 0.25) is 17.7 Å². The molecule has 0 saturated carbocycles. The first-order valence-electron chi connectivity index (χ1n) is 19.9. The van der Waals surface area contributed by atoms with Crippen molar-refractivity contribution in [3.63, 3.8) is 0 Å². The van der Waals surface area contributed by atoms with Gasteiger partial charge in [-0.15, -0.1) is 11.3 Å². The molecule has 2 aliphatic rings. The van der Waals surface area contributed by atoms with E-state index in [1.165, 1.54) is 4.90 Å². The number of benzene rings is 2. The highest BCUT2D eigenvalue weighted by Crippen LogP contribution is 2.30. The number of nitrogens with two attached hydrogens (primary N) is 3. The number of para-hydroxylation sites is 1. The predicted octanol–water partition coefficient (Wildman–Crippen LogP) is 3.13. The van der Waals surface area contributed by atoms with Crippen molar-refractivity contribution in [2.45, 2.75) is 78.2 Å². The van der Waals surface area contributed by atoms with E-state index in [4.69, 9.17) is 17.2 Å². The van der Waals surface area contributed by atoms with Crippen LogP contribution in [0.1, 0.15) is 62.4 Å². The fraction of sp³-hybridized carbons (Fsp3) is 0.419. The number of aromatic hydroxyl groups is 1. The third-order valence-electron chi connectivity index (χ3n) is 10.9. The average Bonchev–Trinajstić information content (AvgIpc) is 3.94. The number of hydrogen-bond donors (Lipinski definition) is 7. The van der Waals surface area contributed by atoms with Crippen molar-refractivity contribution >= 4 is 40.3 Å². The van der Waals surface area contributed by atoms with E-state index in [1.807, 2.05) is 68.3 Å². The molecule has 4 heterocycles. The smallest absolute Gasteiger partial charge is 0.246 e. The van der Waals surface area contributed by atoms with Crippen molar-refractivity contribution in [2.24, 2.45) is 28.5 Å². The second-order valence-electron chi connectivity index (χ2n) is 16.6. The largest absolute Gasteiger partial charge is 0.507 e. The van der Waals surface area contributed by atoms with Crippen LogP contribution in [0.15, 0.2) is 78.3 Å². The molecule has 2 aliphatic heterocycles. The van der Waals surface area contributed by atoms with E-state index in [2.05, 4.69) is 25.6 Å². The number of aromatic nitrogens is 3. The molecule has 0 unspecified atom stereocenters. The number of piperidine rings is 1. The van der Waals surface area contributed by atoms with Gasteiger partial charge in [-0.25, -0.2) is 4.98 Å². The molecule has 2 fully saturated rings. The van der Waals surface area contributed by atoms with Gasteiger partial charge in [0, 0.05) is 61.2 Å². The number of nitrogens with zero attached hydrogens (tertiary/aromatic N) is 5. The number of allylic oxidation sites excluding steroid dienone is 2. The molecular weight excluding hydrogens is 769 g/mol. The quantitative estimate of drug-likeness (QED) is 0.0969. The van der Waals surface area contributed by atoms with Gasteiger partial charge >= 0.3 is 0 Å². The minimum atomic E-state index is -0.924. The van der Waals surface area contributed by atoms with E-state index < -0.39 is 29.5 Å². The highest BCUT2D eigenvalue weighted by molar-refractivity contribution is 7.13. The maximum atomic E-state index is 14.2. The number of aliphatic hydroxyl groups excluding tert-OH is 1. The van der Waals surface area contributed by atoms with Crippen LogP contribution >= 0.6 is 11.3 Å². The lowest BCUT2D eigenvalue weighted by molar-refractivity contribution is -0.144. The number of hydrogen-bond acceptors (Lipinski definition) is 12. The van der Waals surface area contributed by atoms with Crippen LogP contribution in [0.4, 0.5) is 0 Å². The number of likely N-dealkylation sites (tertiary alicyclic amines) is 2. The summed E-state index contributed by atoms with van der Waals surface area (Å²) in [5.41, 5.74) is 24.4. The lowest BCUT2D eigenvalue weighted by atomic mass is 9.85. The molecule has 59 heavy (non-hydrogen) atoms. The van der Waals surface area contributed by atoms with Gasteiger partial charge in [-0.2, -0.15) is 5.10 Å². The number of aryl methyl sites for hydroxylation is 1. The molecule has 0 spiro atoms. The van der Waals surface area contributed by atoms with Gasteiger partial charge in [0.1, 0.15) is 23.7 Å².